The minimum absolute atomic E-state index is 0.0552. The van der Waals surface area contributed by atoms with Gasteiger partial charge < -0.3 is 9.72 Å². The van der Waals surface area contributed by atoms with Crippen molar-refractivity contribution < 1.29 is 9.53 Å². The quantitative estimate of drug-likeness (QED) is 0.689. The molecule has 0 saturated carbocycles. The summed E-state index contributed by atoms with van der Waals surface area (Å²) in [6, 6.07) is 11.4. The number of rotatable bonds is 4. The van der Waals surface area contributed by atoms with Crippen LogP contribution in [0.1, 0.15) is 11.3 Å². The molecule has 1 aliphatic rings. The van der Waals surface area contributed by atoms with Gasteiger partial charge in [0.15, 0.2) is 0 Å². The Morgan fingerprint density at radius 3 is 2.73 bits per heavy atom. The van der Waals surface area contributed by atoms with Gasteiger partial charge in [-0.2, -0.15) is 0 Å². The molecule has 0 unspecified atom stereocenters. The first-order valence-electron chi connectivity index (χ1n) is 6.69. The first-order valence-corrected chi connectivity index (χ1v) is 7.91. The number of thiocarbonyl (C=S) groups is 1. The molecule has 1 N–H and O–H groups in total. The third-order valence-corrected chi connectivity index (χ3v) is 4.66. The first-order chi connectivity index (χ1) is 10.7. The average molecular weight is 330 g/mol. The third-order valence-electron chi connectivity index (χ3n) is 3.28. The zero-order valence-corrected chi connectivity index (χ0v) is 13.5. The molecule has 6 heteroatoms. The Bertz CT molecular complexity index is 721. The number of H-pyrrole nitrogens is 1. The lowest BCUT2D eigenvalue weighted by molar-refractivity contribution is -0.122. The van der Waals surface area contributed by atoms with Gasteiger partial charge in [0.05, 0.1) is 18.6 Å². The Hall–Kier alpha value is -2.05. The van der Waals surface area contributed by atoms with Crippen LogP contribution in [-0.2, 0) is 11.3 Å². The van der Waals surface area contributed by atoms with Crippen molar-refractivity contribution in [1.82, 2.24) is 9.88 Å². The van der Waals surface area contributed by atoms with Gasteiger partial charge in [0.2, 0.25) is 0 Å². The topological polar surface area (TPSA) is 45.3 Å². The van der Waals surface area contributed by atoms with E-state index in [0.717, 1.165) is 17.0 Å². The van der Waals surface area contributed by atoms with Gasteiger partial charge in [-0.15, -0.1) is 0 Å². The van der Waals surface area contributed by atoms with Crippen LogP contribution in [0, 0.1) is 0 Å². The lowest BCUT2D eigenvalue weighted by Gasteiger charge is -2.14. The van der Waals surface area contributed by atoms with E-state index in [2.05, 4.69) is 4.98 Å². The lowest BCUT2D eigenvalue weighted by Crippen LogP contribution is -2.27. The normalized spacial score (nSPS) is 16.6. The van der Waals surface area contributed by atoms with Crippen LogP contribution >= 0.6 is 24.0 Å². The van der Waals surface area contributed by atoms with Crippen molar-refractivity contribution in [2.75, 3.05) is 7.11 Å². The molecule has 0 bridgehead atoms. The average Bonchev–Trinajstić information content (AvgIpc) is 3.12. The molecule has 1 aromatic carbocycles. The number of hydrogen-bond donors (Lipinski definition) is 1. The number of hydrogen-bond acceptors (Lipinski definition) is 4. The summed E-state index contributed by atoms with van der Waals surface area (Å²) in [5.74, 6) is 0.737. The summed E-state index contributed by atoms with van der Waals surface area (Å²) in [5.41, 5.74) is 1.91. The van der Waals surface area contributed by atoms with Gasteiger partial charge >= 0.3 is 0 Å². The highest BCUT2D eigenvalue weighted by Gasteiger charge is 2.31. The largest absolute Gasteiger partial charge is 0.497 e. The summed E-state index contributed by atoms with van der Waals surface area (Å²) >= 11 is 6.66. The second-order valence-corrected chi connectivity index (χ2v) is 6.42. The molecule has 1 amide bonds. The van der Waals surface area contributed by atoms with E-state index in [1.807, 2.05) is 48.7 Å². The number of aromatic amines is 1. The van der Waals surface area contributed by atoms with Crippen molar-refractivity contribution in [3.8, 4) is 5.75 Å². The predicted octanol–water partition coefficient (Wildman–Crippen LogP) is 3.42. The van der Waals surface area contributed by atoms with Gasteiger partial charge in [-0.25, -0.2) is 0 Å². The molecule has 22 heavy (non-hydrogen) atoms. The van der Waals surface area contributed by atoms with Crippen molar-refractivity contribution in [3.63, 3.8) is 0 Å². The van der Waals surface area contributed by atoms with Crippen molar-refractivity contribution in [1.29, 1.82) is 0 Å². The van der Waals surface area contributed by atoms with Crippen molar-refractivity contribution in [3.05, 3.63) is 58.8 Å². The van der Waals surface area contributed by atoms with Crippen LogP contribution in [0.5, 0.6) is 5.75 Å². The maximum absolute atomic E-state index is 12.5. The zero-order chi connectivity index (χ0) is 15.5. The fourth-order valence-corrected chi connectivity index (χ4v) is 3.37. The van der Waals surface area contributed by atoms with Crippen molar-refractivity contribution in [2.24, 2.45) is 0 Å². The Labute approximate surface area is 138 Å². The van der Waals surface area contributed by atoms with Gasteiger partial charge in [-0.1, -0.05) is 36.1 Å². The standard InChI is InChI=1S/C16H14N2O2S2/c1-20-13-6-4-11(5-7-13)10-18-15(19)14(22-16(18)21)9-12-3-2-8-17-12/h2-9,17H,10H2,1H3/b14-9-. The minimum Gasteiger partial charge on any atom is -0.497 e. The maximum Gasteiger partial charge on any atom is 0.266 e. The number of aromatic nitrogens is 1. The van der Waals surface area contributed by atoms with Gasteiger partial charge in [0.1, 0.15) is 10.1 Å². The SMILES string of the molecule is COc1ccc(CN2C(=O)/C(=C/c3ccc[nH]3)SC2=S)cc1. The molecule has 3 rings (SSSR count). The number of thioether (sulfide) groups is 1. The van der Waals surface area contributed by atoms with Crippen LogP contribution in [0.15, 0.2) is 47.5 Å². The molecule has 4 nitrogen and oxygen atoms in total. The highest BCUT2D eigenvalue weighted by atomic mass is 32.2. The molecule has 0 spiro atoms. The van der Waals surface area contributed by atoms with Crippen LogP contribution in [0.2, 0.25) is 0 Å². The summed E-state index contributed by atoms with van der Waals surface area (Å²) in [6.07, 6.45) is 3.65. The monoisotopic (exact) mass is 330 g/mol. The molecule has 0 radical (unpaired) electrons. The smallest absolute Gasteiger partial charge is 0.266 e. The number of carbonyl (C=O) groups excluding carboxylic acids is 1. The lowest BCUT2D eigenvalue weighted by atomic mass is 10.2. The van der Waals surface area contributed by atoms with Crippen LogP contribution in [0.3, 0.4) is 0 Å². The fraction of sp³-hybridized carbons (Fsp3) is 0.125. The first kappa shape index (κ1) is 14.9. The summed E-state index contributed by atoms with van der Waals surface area (Å²) in [6.45, 7) is 0.469. The van der Waals surface area contributed by atoms with Crippen molar-refractivity contribution in [2.45, 2.75) is 6.54 Å². The van der Waals surface area contributed by atoms with E-state index in [1.165, 1.54) is 11.8 Å². The number of carbonyl (C=O) groups is 1. The molecule has 1 saturated heterocycles. The molecule has 2 heterocycles. The van der Waals surface area contributed by atoms with Gasteiger partial charge in [-0.05, 0) is 35.9 Å². The minimum atomic E-state index is -0.0552. The van der Waals surface area contributed by atoms with Crippen LogP contribution in [0.4, 0.5) is 0 Å². The van der Waals surface area contributed by atoms with E-state index < -0.39 is 0 Å². The van der Waals surface area contributed by atoms with Crippen LogP contribution in [-0.4, -0.2) is 27.2 Å². The molecular formula is C16H14N2O2S2. The number of amides is 1. The second kappa shape index (κ2) is 6.37. The number of benzene rings is 1. The van der Waals surface area contributed by atoms with E-state index >= 15 is 0 Å². The van der Waals surface area contributed by atoms with Crippen molar-refractivity contribution >= 4 is 40.3 Å². The summed E-state index contributed by atoms with van der Waals surface area (Å²) in [4.78, 5) is 17.8. The molecule has 1 aromatic heterocycles. The number of nitrogens with zero attached hydrogens (tertiary/aromatic N) is 1. The molecular weight excluding hydrogens is 316 g/mol. The highest BCUT2D eigenvalue weighted by Crippen LogP contribution is 2.33. The van der Waals surface area contributed by atoms with Crippen LogP contribution < -0.4 is 4.74 Å². The predicted molar refractivity (Wildman–Crippen MR) is 92.5 cm³/mol. The second-order valence-electron chi connectivity index (χ2n) is 4.74. The van der Waals surface area contributed by atoms with Gasteiger partial charge in [-0.3, -0.25) is 9.69 Å². The number of ether oxygens (including phenoxy) is 1. The Morgan fingerprint density at radius 2 is 2.09 bits per heavy atom. The van der Waals surface area contributed by atoms with Gasteiger partial charge in [0.25, 0.3) is 5.91 Å². The molecule has 1 fully saturated rings. The Kier molecular flexibility index (Phi) is 4.31. The van der Waals surface area contributed by atoms with E-state index in [1.54, 1.807) is 12.0 Å². The Balaban J connectivity index is 1.76. The summed E-state index contributed by atoms with van der Waals surface area (Å²) in [7, 11) is 1.63. The molecule has 1 aliphatic heterocycles. The van der Waals surface area contributed by atoms with E-state index in [4.69, 9.17) is 17.0 Å². The fourth-order valence-electron chi connectivity index (χ4n) is 2.13. The van der Waals surface area contributed by atoms with E-state index in [-0.39, 0.29) is 5.91 Å². The summed E-state index contributed by atoms with van der Waals surface area (Å²) < 4.78 is 5.72. The number of nitrogens with one attached hydrogen (secondary N) is 1. The molecule has 0 atom stereocenters. The molecule has 2 aromatic rings. The highest BCUT2D eigenvalue weighted by molar-refractivity contribution is 8.26. The van der Waals surface area contributed by atoms with E-state index in [0.29, 0.717) is 15.8 Å². The maximum atomic E-state index is 12.5. The zero-order valence-electron chi connectivity index (χ0n) is 11.9. The van der Waals surface area contributed by atoms with E-state index in [9.17, 15) is 4.79 Å². The Morgan fingerprint density at radius 1 is 1.32 bits per heavy atom. The molecule has 112 valence electrons. The van der Waals surface area contributed by atoms with Gasteiger partial charge in [0, 0.05) is 11.9 Å². The van der Waals surface area contributed by atoms with Crippen LogP contribution in [0.25, 0.3) is 6.08 Å². The number of methoxy groups -OCH3 is 1. The third kappa shape index (κ3) is 3.08. The molecule has 0 aliphatic carbocycles. The summed E-state index contributed by atoms with van der Waals surface area (Å²) in [5, 5.41) is 0.